The quantitative estimate of drug-likeness (QED) is 0.453. The molecule has 0 heterocycles. The van der Waals surface area contributed by atoms with Crippen LogP contribution in [0.15, 0.2) is 9.67 Å². The molecular formula is C11H20O2Sn. The molecule has 0 radical (unpaired) electrons. The number of methoxy groups -OCH3 is 1. The van der Waals surface area contributed by atoms with E-state index in [1.165, 1.54) is 23.5 Å². The van der Waals surface area contributed by atoms with Gasteiger partial charge in [-0.1, -0.05) is 0 Å². The number of rotatable bonds is 4. The van der Waals surface area contributed by atoms with Crippen LogP contribution in [0.4, 0.5) is 0 Å². The predicted octanol–water partition coefficient (Wildman–Crippen LogP) is 2.76. The SMILES string of the molecule is COC(=O)/C=[C](/CC1CC1)[Sn]([CH3])([CH3])[CH3]. The van der Waals surface area contributed by atoms with E-state index in [2.05, 4.69) is 14.8 Å². The Morgan fingerprint density at radius 1 is 1.43 bits per heavy atom. The first kappa shape index (κ1) is 12.1. The molecule has 0 spiro atoms. The van der Waals surface area contributed by atoms with Gasteiger partial charge in [-0.05, 0) is 0 Å². The maximum absolute atomic E-state index is 11.2. The fraction of sp³-hybridized carbons (Fsp3) is 0.727. The zero-order chi connectivity index (χ0) is 10.8. The number of carbonyl (C=O) groups excluding carboxylic acids is 1. The van der Waals surface area contributed by atoms with Crippen molar-refractivity contribution in [3.63, 3.8) is 0 Å². The number of hydrogen-bond acceptors (Lipinski definition) is 2. The van der Waals surface area contributed by atoms with Gasteiger partial charge in [0.05, 0.1) is 0 Å². The Morgan fingerprint density at radius 3 is 2.36 bits per heavy atom. The Morgan fingerprint density at radius 2 is 2.00 bits per heavy atom. The Labute approximate surface area is 90.6 Å². The van der Waals surface area contributed by atoms with Crippen LogP contribution in [0.1, 0.15) is 19.3 Å². The molecule has 1 aliphatic carbocycles. The number of allylic oxidation sites excluding steroid dienone is 1. The fourth-order valence-electron chi connectivity index (χ4n) is 1.42. The molecule has 0 bridgehead atoms. The van der Waals surface area contributed by atoms with Crippen molar-refractivity contribution in [2.24, 2.45) is 5.92 Å². The molecule has 0 aromatic carbocycles. The molecule has 0 unspecified atom stereocenters. The maximum atomic E-state index is 11.2. The van der Waals surface area contributed by atoms with Gasteiger partial charge in [-0.2, -0.15) is 0 Å². The third kappa shape index (κ3) is 4.03. The van der Waals surface area contributed by atoms with Crippen LogP contribution in [0.5, 0.6) is 0 Å². The van der Waals surface area contributed by atoms with Crippen LogP contribution in [-0.4, -0.2) is 31.5 Å². The molecule has 1 rings (SSSR count). The van der Waals surface area contributed by atoms with Gasteiger partial charge in [-0.3, -0.25) is 0 Å². The topological polar surface area (TPSA) is 26.3 Å². The summed E-state index contributed by atoms with van der Waals surface area (Å²) < 4.78 is 6.12. The van der Waals surface area contributed by atoms with Crippen LogP contribution in [0.25, 0.3) is 0 Å². The second kappa shape index (κ2) is 4.69. The number of ether oxygens (including phenoxy) is 1. The normalized spacial score (nSPS) is 18.1. The molecule has 0 atom stereocenters. The van der Waals surface area contributed by atoms with E-state index < -0.39 is 18.4 Å². The van der Waals surface area contributed by atoms with E-state index in [-0.39, 0.29) is 5.97 Å². The van der Waals surface area contributed by atoms with E-state index in [0.717, 1.165) is 12.3 Å². The second-order valence-corrected chi connectivity index (χ2v) is 19.8. The Balaban J connectivity index is 2.69. The fourth-order valence-corrected chi connectivity index (χ4v) is 5.56. The molecule has 14 heavy (non-hydrogen) atoms. The van der Waals surface area contributed by atoms with Crippen LogP contribution >= 0.6 is 0 Å². The van der Waals surface area contributed by atoms with Gasteiger partial charge in [0.25, 0.3) is 0 Å². The van der Waals surface area contributed by atoms with Crippen molar-refractivity contribution in [1.82, 2.24) is 0 Å². The summed E-state index contributed by atoms with van der Waals surface area (Å²) in [4.78, 5) is 18.3. The minimum atomic E-state index is -2.05. The van der Waals surface area contributed by atoms with Gasteiger partial charge in [-0.15, -0.1) is 0 Å². The van der Waals surface area contributed by atoms with Crippen LogP contribution < -0.4 is 0 Å². The van der Waals surface area contributed by atoms with Gasteiger partial charge < -0.3 is 0 Å². The second-order valence-electron chi connectivity index (χ2n) is 5.09. The summed E-state index contributed by atoms with van der Waals surface area (Å²) in [5.74, 6) is 0.689. The van der Waals surface area contributed by atoms with Crippen molar-refractivity contribution in [2.45, 2.75) is 34.1 Å². The Kier molecular flexibility index (Phi) is 4.04. The van der Waals surface area contributed by atoms with E-state index in [9.17, 15) is 4.79 Å². The van der Waals surface area contributed by atoms with E-state index in [0.29, 0.717) is 0 Å². The molecule has 0 saturated heterocycles. The molecule has 1 aliphatic rings. The van der Waals surface area contributed by atoms with Gasteiger partial charge >= 0.3 is 90.7 Å². The van der Waals surface area contributed by atoms with E-state index in [4.69, 9.17) is 4.74 Å². The molecule has 0 aliphatic heterocycles. The molecule has 1 fully saturated rings. The van der Waals surface area contributed by atoms with Crippen LogP contribution in [-0.2, 0) is 9.53 Å². The van der Waals surface area contributed by atoms with Crippen molar-refractivity contribution >= 4 is 24.3 Å². The minimum absolute atomic E-state index is 0.174. The average molecular weight is 303 g/mol. The molecule has 0 amide bonds. The monoisotopic (exact) mass is 304 g/mol. The van der Waals surface area contributed by atoms with Crippen LogP contribution in [0.2, 0.25) is 14.8 Å². The zero-order valence-electron chi connectivity index (χ0n) is 9.59. The van der Waals surface area contributed by atoms with Crippen molar-refractivity contribution in [1.29, 1.82) is 0 Å². The standard InChI is InChI=1S/C8H11O2.3CH3.Sn/c1-10-8(9)4-2-3-7-5-6-7;;;;/h4,7H,3,5-6H2,1H3;3*1H3;. The molecule has 2 nitrogen and oxygen atoms in total. The number of esters is 1. The van der Waals surface area contributed by atoms with Gasteiger partial charge in [0.2, 0.25) is 0 Å². The van der Waals surface area contributed by atoms with E-state index in [1.807, 2.05) is 0 Å². The summed E-state index contributed by atoms with van der Waals surface area (Å²) in [5.41, 5.74) is 0. The first-order valence-electron chi connectivity index (χ1n) is 5.22. The summed E-state index contributed by atoms with van der Waals surface area (Å²) >= 11 is -2.05. The molecule has 1 saturated carbocycles. The van der Waals surface area contributed by atoms with Gasteiger partial charge in [0.15, 0.2) is 0 Å². The number of carbonyl (C=O) groups is 1. The van der Waals surface area contributed by atoms with Crippen molar-refractivity contribution < 1.29 is 9.53 Å². The summed E-state index contributed by atoms with van der Waals surface area (Å²) in [6, 6.07) is 0. The van der Waals surface area contributed by atoms with Crippen molar-refractivity contribution in [2.75, 3.05) is 7.11 Å². The third-order valence-electron chi connectivity index (χ3n) is 2.66. The van der Waals surface area contributed by atoms with Gasteiger partial charge in [0.1, 0.15) is 0 Å². The van der Waals surface area contributed by atoms with Crippen LogP contribution in [0, 0.1) is 5.92 Å². The molecule has 80 valence electrons. The zero-order valence-corrected chi connectivity index (χ0v) is 12.4. The molecule has 0 aromatic rings. The molecule has 0 N–H and O–H groups in total. The number of hydrogen-bond donors (Lipinski definition) is 0. The average Bonchev–Trinajstić information content (AvgIpc) is 2.85. The Hall–Kier alpha value is 0.00870. The predicted molar refractivity (Wildman–Crippen MR) is 60.8 cm³/mol. The van der Waals surface area contributed by atoms with Crippen molar-refractivity contribution in [3.8, 4) is 0 Å². The molecule has 0 aromatic heterocycles. The van der Waals surface area contributed by atoms with Gasteiger partial charge in [0, 0.05) is 0 Å². The first-order valence-corrected chi connectivity index (χ1v) is 15.2. The summed E-state index contributed by atoms with van der Waals surface area (Å²) in [6.45, 7) is 0. The molecule has 3 heteroatoms. The Bertz CT molecular complexity index is 247. The summed E-state index contributed by atoms with van der Waals surface area (Å²) in [7, 11) is 1.45. The van der Waals surface area contributed by atoms with Crippen molar-refractivity contribution in [3.05, 3.63) is 9.67 Å². The van der Waals surface area contributed by atoms with E-state index in [1.54, 1.807) is 6.08 Å². The third-order valence-corrected chi connectivity index (χ3v) is 9.16. The summed E-state index contributed by atoms with van der Waals surface area (Å²) in [5, 5.41) is 0. The van der Waals surface area contributed by atoms with Gasteiger partial charge in [-0.25, -0.2) is 0 Å². The van der Waals surface area contributed by atoms with Crippen LogP contribution in [0.3, 0.4) is 0 Å². The van der Waals surface area contributed by atoms with E-state index >= 15 is 0 Å². The summed E-state index contributed by atoms with van der Waals surface area (Å²) in [6.07, 6.45) is 5.60. The first-order chi connectivity index (χ1) is 6.43. The molecular weight excluding hydrogens is 283 g/mol.